The Hall–Kier alpha value is -1.77. The van der Waals surface area contributed by atoms with Gasteiger partial charge in [0, 0.05) is 17.1 Å². The van der Waals surface area contributed by atoms with Gasteiger partial charge in [0.05, 0.1) is 11.8 Å². The van der Waals surface area contributed by atoms with Gasteiger partial charge in [0.25, 0.3) is 5.22 Å². The van der Waals surface area contributed by atoms with Crippen LogP contribution in [0.3, 0.4) is 0 Å². The molecule has 0 saturated heterocycles. The summed E-state index contributed by atoms with van der Waals surface area (Å²) < 4.78 is 5.51. The molecule has 0 saturated carbocycles. The van der Waals surface area contributed by atoms with E-state index in [0.717, 1.165) is 10.4 Å². The van der Waals surface area contributed by atoms with Gasteiger partial charge in [0.2, 0.25) is 11.8 Å². The fraction of sp³-hybridized carbons (Fsp3) is 0.278. The smallest absolute Gasteiger partial charge is 0.276 e. The lowest BCUT2D eigenvalue weighted by Crippen LogP contribution is -2.29. The molecule has 0 aliphatic heterocycles. The molecular formula is C18H19N3O2S3. The summed E-state index contributed by atoms with van der Waals surface area (Å²) in [7, 11) is 0. The van der Waals surface area contributed by atoms with Crippen molar-refractivity contribution in [3.63, 3.8) is 0 Å². The van der Waals surface area contributed by atoms with Gasteiger partial charge in [-0.3, -0.25) is 4.79 Å². The molecular weight excluding hydrogens is 386 g/mol. The lowest BCUT2D eigenvalue weighted by atomic mass is 10.1. The second-order valence-corrected chi connectivity index (χ2v) is 8.31. The average molecular weight is 406 g/mol. The van der Waals surface area contributed by atoms with Crippen molar-refractivity contribution in [1.82, 2.24) is 15.5 Å². The first-order chi connectivity index (χ1) is 12.8. The minimum Gasteiger partial charge on any atom is -0.415 e. The first kappa shape index (κ1) is 19.0. The molecule has 0 radical (unpaired) electrons. The number of hydrogen-bond acceptors (Lipinski definition) is 7. The maximum Gasteiger partial charge on any atom is 0.276 e. The van der Waals surface area contributed by atoms with Gasteiger partial charge in [-0.1, -0.05) is 48.2 Å². The summed E-state index contributed by atoms with van der Waals surface area (Å²) in [6, 6.07) is 13.9. The molecule has 2 heterocycles. The van der Waals surface area contributed by atoms with Crippen molar-refractivity contribution in [3.8, 4) is 0 Å². The van der Waals surface area contributed by atoms with Crippen LogP contribution in [0.15, 0.2) is 57.5 Å². The number of amides is 1. The van der Waals surface area contributed by atoms with E-state index in [1.54, 1.807) is 23.1 Å². The second kappa shape index (κ2) is 9.80. The van der Waals surface area contributed by atoms with Gasteiger partial charge in [-0.05, 0) is 23.3 Å². The maximum absolute atomic E-state index is 12.4. The van der Waals surface area contributed by atoms with E-state index >= 15 is 0 Å². The Morgan fingerprint density at radius 3 is 2.81 bits per heavy atom. The zero-order valence-corrected chi connectivity index (χ0v) is 16.7. The standard InChI is InChI=1S/C18H19N3O2S3/c1-24-12-16-20-21-18(23-16)26-11-9-15(22)19-17(14-8-5-10-25-14)13-6-3-2-4-7-13/h2-8,10,17H,9,11-12H2,1H3,(H,19,22). The predicted octanol–water partition coefficient (Wildman–Crippen LogP) is 4.38. The van der Waals surface area contributed by atoms with Gasteiger partial charge in [0.15, 0.2) is 0 Å². The van der Waals surface area contributed by atoms with Crippen LogP contribution in [0.25, 0.3) is 0 Å². The molecule has 1 unspecified atom stereocenters. The monoisotopic (exact) mass is 405 g/mol. The van der Waals surface area contributed by atoms with Crippen LogP contribution in [-0.4, -0.2) is 28.1 Å². The molecule has 3 rings (SSSR count). The number of thioether (sulfide) groups is 2. The van der Waals surface area contributed by atoms with Crippen LogP contribution >= 0.6 is 34.9 Å². The van der Waals surface area contributed by atoms with Crippen molar-refractivity contribution < 1.29 is 9.21 Å². The molecule has 0 aliphatic carbocycles. The number of thiophene rings is 1. The number of nitrogens with zero attached hydrogens (tertiary/aromatic N) is 2. The Labute approximate surface area is 165 Å². The molecule has 1 aromatic carbocycles. The molecule has 0 fully saturated rings. The van der Waals surface area contributed by atoms with Crippen LogP contribution in [0.4, 0.5) is 0 Å². The highest BCUT2D eigenvalue weighted by Gasteiger charge is 2.17. The second-order valence-electron chi connectivity index (χ2n) is 5.42. The highest BCUT2D eigenvalue weighted by Crippen LogP contribution is 2.26. The van der Waals surface area contributed by atoms with Gasteiger partial charge in [-0.25, -0.2) is 0 Å². The number of rotatable bonds is 9. The van der Waals surface area contributed by atoms with Gasteiger partial charge in [0.1, 0.15) is 0 Å². The number of carbonyl (C=O) groups excluding carboxylic acids is 1. The summed E-state index contributed by atoms with van der Waals surface area (Å²) in [4.78, 5) is 13.6. The van der Waals surface area contributed by atoms with E-state index in [-0.39, 0.29) is 11.9 Å². The van der Waals surface area contributed by atoms with E-state index < -0.39 is 0 Å². The van der Waals surface area contributed by atoms with Crippen molar-refractivity contribution >= 4 is 40.8 Å². The van der Waals surface area contributed by atoms with Crippen LogP contribution in [0.1, 0.15) is 28.8 Å². The summed E-state index contributed by atoms with van der Waals surface area (Å²) in [6.07, 6.45) is 2.37. The lowest BCUT2D eigenvalue weighted by molar-refractivity contribution is -0.121. The number of aromatic nitrogens is 2. The van der Waals surface area contributed by atoms with Crippen LogP contribution in [0.2, 0.25) is 0 Å². The van der Waals surface area contributed by atoms with Crippen molar-refractivity contribution in [1.29, 1.82) is 0 Å². The van der Waals surface area contributed by atoms with Crippen LogP contribution in [0.5, 0.6) is 0 Å². The predicted molar refractivity (Wildman–Crippen MR) is 108 cm³/mol. The third-order valence-corrected chi connectivity index (χ3v) is 5.83. The van der Waals surface area contributed by atoms with Gasteiger partial charge in [-0.15, -0.1) is 21.5 Å². The molecule has 2 aromatic heterocycles. The average Bonchev–Trinajstić information content (AvgIpc) is 3.33. The van der Waals surface area contributed by atoms with Crippen LogP contribution < -0.4 is 5.32 Å². The summed E-state index contributed by atoms with van der Waals surface area (Å²) in [5, 5.41) is 13.6. The molecule has 1 N–H and O–H groups in total. The maximum atomic E-state index is 12.4. The Morgan fingerprint density at radius 2 is 2.08 bits per heavy atom. The zero-order valence-electron chi connectivity index (χ0n) is 14.3. The van der Waals surface area contributed by atoms with E-state index in [2.05, 4.69) is 15.5 Å². The molecule has 0 bridgehead atoms. The van der Waals surface area contributed by atoms with E-state index in [4.69, 9.17) is 4.42 Å². The molecule has 0 aliphatic rings. The van der Waals surface area contributed by atoms with E-state index in [1.165, 1.54) is 11.8 Å². The molecule has 136 valence electrons. The first-order valence-corrected chi connectivity index (χ1v) is 11.3. The van der Waals surface area contributed by atoms with E-state index in [1.807, 2.05) is 54.1 Å². The molecule has 26 heavy (non-hydrogen) atoms. The van der Waals surface area contributed by atoms with Crippen molar-refractivity contribution in [2.75, 3.05) is 12.0 Å². The molecule has 8 heteroatoms. The number of benzene rings is 1. The third-order valence-electron chi connectivity index (χ3n) is 3.54. The number of nitrogens with one attached hydrogen (secondary N) is 1. The summed E-state index contributed by atoms with van der Waals surface area (Å²) >= 11 is 4.68. The quantitative estimate of drug-likeness (QED) is 0.533. The SMILES string of the molecule is CSCc1nnc(SCCC(=O)NC(c2ccccc2)c2cccs2)o1. The normalized spacial score (nSPS) is 12.0. The van der Waals surface area contributed by atoms with Crippen molar-refractivity contribution in [2.24, 2.45) is 0 Å². The largest absolute Gasteiger partial charge is 0.415 e. The fourth-order valence-corrected chi connectivity index (χ4v) is 4.24. The Bertz CT molecular complexity index is 806. The first-order valence-electron chi connectivity index (χ1n) is 8.08. The van der Waals surface area contributed by atoms with Gasteiger partial charge >= 0.3 is 0 Å². The minimum atomic E-state index is -0.120. The highest BCUT2D eigenvalue weighted by atomic mass is 32.2. The molecule has 3 aromatic rings. The van der Waals surface area contributed by atoms with Crippen LogP contribution in [-0.2, 0) is 10.5 Å². The van der Waals surface area contributed by atoms with Crippen LogP contribution in [0, 0.1) is 0 Å². The number of carbonyl (C=O) groups is 1. The lowest BCUT2D eigenvalue weighted by Gasteiger charge is -2.18. The van der Waals surface area contributed by atoms with Gasteiger partial charge in [-0.2, -0.15) is 11.8 Å². The third kappa shape index (κ3) is 5.36. The van der Waals surface area contributed by atoms with Crippen molar-refractivity contribution in [2.45, 2.75) is 23.4 Å². The summed E-state index contributed by atoms with van der Waals surface area (Å²) in [5.74, 6) is 1.92. The summed E-state index contributed by atoms with van der Waals surface area (Å²) in [6.45, 7) is 0. The topological polar surface area (TPSA) is 68.0 Å². The molecule has 1 atom stereocenters. The molecule has 5 nitrogen and oxygen atoms in total. The van der Waals surface area contributed by atoms with E-state index in [0.29, 0.717) is 29.0 Å². The Balaban J connectivity index is 1.54. The minimum absolute atomic E-state index is 0.00334. The molecule has 1 amide bonds. The highest BCUT2D eigenvalue weighted by molar-refractivity contribution is 7.99. The van der Waals surface area contributed by atoms with Gasteiger partial charge < -0.3 is 9.73 Å². The fourth-order valence-electron chi connectivity index (χ4n) is 2.36. The summed E-state index contributed by atoms with van der Waals surface area (Å²) in [5.41, 5.74) is 1.08. The molecule has 0 spiro atoms. The Morgan fingerprint density at radius 1 is 1.23 bits per heavy atom. The Kier molecular flexibility index (Phi) is 7.16. The van der Waals surface area contributed by atoms with E-state index in [9.17, 15) is 4.79 Å². The zero-order chi connectivity index (χ0) is 18.2. The van der Waals surface area contributed by atoms with Crippen molar-refractivity contribution in [3.05, 3.63) is 64.2 Å². The number of hydrogen-bond donors (Lipinski definition) is 1.